The van der Waals surface area contributed by atoms with Crippen LogP contribution >= 0.6 is 11.8 Å². The van der Waals surface area contributed by atoms with Gasteiger partial charge in [-0.25, -0.2) is 0 Å². The minimum absolute atomic E-state index is 0.0247. The van der Waals surface area contributed by atoms with Crippen LogP contribution in [-0.2, 0) is 22.6 Å². The van der Waals surface area contributed by atoms with Gasteiger partial charge >= 0.3 is 0 Å². The van der Waals surface area contributed by atoms with Crippen molar-refractivity contribution in [3.05, 3.63) is 95.6 Å². The summed E-state index contributed by atoms with van der Waals surface area (Å²) in [4.78, 5) is 30.2. The lowest BCUT2D eigenvalue weighted by molar-refractivity contribution is -0.141. The molecule has 0 heterocycles. The maximum absolute atomic E-state index is 13.7. The van der Waals surface area contributed by atoms with Gasteiger partial charge in [-0.1, -0.05) is 67.1 Å². The molecule has 0 fully saturated rings. The van der Waals surface area contributed by atoms with Crippen LogP contribution in [0.25, 0.3) is 0 Å². The minimum Gasteiger partial charge on any atom is -0.497 e. The summed E-state index contributed by atoms with van der Waals surface area (Å²) in [6.45, 7) is 6.42. The Hall–Kier alpha value is -3.25. The van der Waals surface area contributed by atoms with Crippen molar-refractivity contribution in [1.82, 2.24) is 10.2 Å². The Morgan fingerprint density at radius 2 is 1.68 bits per heavy atom. The summed E-state index contributed by atoms with van der Waals surface area (Å²) in [5.41, 5.74) is 3.15. The van der Waals surface area contributed by atoms with E-state index in [1.165, 1.54) is 5.56 Å². The molecule has 0 aliphatic rings. The fraction of sp³-hybridized carbons (Fsp3) is 0.355. The van der Waals surface area contributed by atoms with Crippen molar-refractivity contribution in [3.8, 4) is 5.75 Å². The number of rotatable bonds is 13. The van der Waals surface area contributed by atoms with Crippen LogP contribution in [0.5, 0.6) is 5.75 Å². The summed E-state index contributed by atoms with van der Waals surface area (Å²) >= 11 is 1.66. The summed E-state index contributed by atoms with van der Waals surface area (Å²) in [7, 11) is 1.63. The third kappa shape index (κ3) is 8.97. The van der Waals surface area contributed by atoms with E-state index in [9.17, 15) is 9.59 Å². The van der Waals surface area contributed by atoms with Crippen LogP contribution in [0.3, 0.4) is 0 Å². The first-order valence-corrected chi connectivity index (χ1v) is 13.8. The first-order valence-electron chi connectivity index (χ1n) is 12.9. The highest BCUT2D eigenvalue weighted by molar-refractivity contribution is 7.99. The topological polar surface area (TPSA) is 58.6 Å². The van der Waals surface area contributed by atoms with Crippen LogP contribution in [0.2, 0.25) is 0 Å². The summed E-state index contributed by atoms with van der Waals surface area (Å²) < 4.78 is 5.40. The normalized spacial score (nSPS) is 12.4. The summed E-state index contributed by atoms with van der Waals surface area (Å²) in [5.74, 6) is 1.20. The second-order valence-corrected chi connectivity index (χ2v) is 10.5. The van der Waals surface area contributed by atoms with Gasteiger partial charge < -0.3 is 15.0 Å². The molecule has 3 aromatic carbocycles. The number of carbonyl (C=O) groups is 2. The van der Waals surface area contributed by atoms with E-state index in [0.29, 0.717) is 25.1 Å². The smallest absolute Gasteiger partial charge is 0.243 e. The third-order valence-electron chi connectivity index (χ3n) is 6.36. The lowest BCUT2D eigenvalue weighted by Gasteiger charge is -2.32. The number of ether oxygens (including phenoxy) is 1. The van der Waals surface area contributed by atoms with Crippen molar-refractivity contribution in [3.63, 3.8) is 0 Å². The maximum Gasteiger partial charge on any atom is 0.243 e. The molecule has 2 atom stereocenters. The van der Waals surface area contributed by atoms with Gasteiger partial charge in [-0.3, -0.25) is 9.59 Å². The first-order chi connectivity index (χ1) is 17.9. The molecule has 0 radical (unpaired) electrons. The van der Waals surface area contributed by atoms with Crippen LogP contribution in [-0.4, -0.2) is 41.7 Å². The number of benzene rings is 3. The molecule has 3 aromatic rings. The van der Waals surface area contributed by atoms with Crippen molar-refractivity contribution >= 4 is 23.6 Å². The Balaban J connectivity index is 1.86. The molecule has 5 nitrogen and oxygen atoms in total. The lowest BCUT2D eigenvalue weighted by Crippen LogP contribution is -2.52. The van der Waals surface area contributed by atoms with E-state index in [1.54, 1.807) is 23.8 Å². The monoisotopic (exact) mass is 518 g/mol. The molecule has 2 amide bonds. The number of thioether (sulfide) groups is 1. The molecular formula is C31H38N2O3S. The number of amides is 2. The maximum atomic E-state index is 13.7. The van der Waals surface area contributed by atoms with E-state index in [4.69, 9.17) is 4.74 Å². The number of nitrogens with zero attached hydrogens (tertiary/aromatic N) is 1. The fourth-order valence-corrected chi connectivity index (χ4v) is 4.84. The van der Waals surface area contributed by atoms with Crippen molar-refractivity contribution in [2.75, 3.05) is 12.9 Å². The predicted octanol–water partition coefficient (Wildman–Crippen LogP) is 6.04. The van der Waals surface area contributed by atoms with E-state index >= 15 is 0 Å². The SMILES string of the molecule is CCC(C)NC(=O)C(Cc1ccccc1)N(Cc1cccc(OC)c1)C(=O)CCSc1ccc(C)cc1. The molecule has 0 aromatic heterocycles. The second kappa shape index (κ2) is 14.5. The fourth-order valence-electron chi connectivity index (χ4n) is 4.00. The lowest BCUT2D eigenvalue weighted by atomic mass is 10.0. The Labute approximate surface area is 225 Å². The van der Waals surface area contributed by atoms with E-state index in [0.717, 1.165) is 28.2 Å². The van der Waals surface area contributed by atoms with Crippen molar-refractivity contribution in [1.29, 1.82) is 0 Å². The molecule has 0 aliphatic carbocycles. The van der Waals surface area contributed by atoms with Crippen molar-refractivity contribution in [2.45, 2.75) is 63.6 Å². The largest absolute Gasteiger partial charge is 0.497 e. The molecule has 0 saturated carbocycles. The first kappa shape index (κ1) is 28.3. The van der Waals surface area contributed by atoms with Crippen LogP contribution < -0.4 is 10.1 Å². The molecule has 1 N–H and O–H groups in total. The standard InChI is InChI=1S/C31H38N2O3S/c1-5-24(3)32-31(35)29(21-25-10-7-6-8-11-25)33(22-26-12-9-13-27(20-26)36-4)30(34)18-19-37-28-16-14-23(2)15-17-28/h6-17,20,24,29H,5,18-19,21-22H2,1-4H3,(H,32,35). The van der Waals surface area contributed by atoms with Crippen molar-refractivity contribution < 1.29 is 14.3 Å². The van der Waals surface area contributed by atoms with Gasteiger partial charge in [0.1, 0.15) is 11.8 Å². The highest BCUT2D eigenvalue weighted by Gasteiger charge is 2.30. The summed E-state index contributed by atoms with van der Waals surface area (Å²) in [5, 5.41) is 3.12. The van der Waals surface area contributed by atoms with Gasteiger partial charge in [0.05, 0.1) is 7.11 Å². The van der Waals surface area contributed by atoms with Gasteiger partial charge in [0, 0.05) is 36.1 Å². The molecule has 196 valence electrons. The van der Waals surface area contributed by atoms with Crippen LogP contribution in [0, 0.1) is 6.92 Å². The second-order valence-electron chi connectivity index (χ2n) is 9.31. The number of methoxy groups -OCH3 is 1. The molecule has 0 bridgehead atoms. The van der Waals surface area contributed by atoms with Crippen molar-refractivity contribution in [2.24, 2.45) is 0 Å². The number of hydrogen-bond acceptors (Lipinski definition) is 4. The average molecular weight is 519 g/mol. The molecule has 2 unspecified atom stereocenters. The third-order valence-corrected chi connectivity index (χ3v) is 7.38. The van der Waals surface area contributed by atoms with Gasteiger partial charge in [-0.15, -0.1) is 11.8 Å². The molecule has 0 spiro atoms. The van der Waals surface area contributed by atoms with E-state index in [1.807, 2.05) is 68.4 Å². The van der Waals surface area contributed by atoms with E-state index < -0.39 is 6.04 Å². The molecule has 6 heteroatoms. The summed E-state index contributed by atoms with van der Waals surface area (Å²) in [6, 6.07) is 25.3. The van der Waals surface area contributed by atoms with E-state index in [-0.39, 0.29) is 17.9 Å². The van der Waals surface area contributed by atoms with Crippen LogP contribution in [0.15, 0.2) is 83.8 Å². The highest BCUT2D eigenvalue weighted by Crippen LogP contribution is 2.22. The molecule has 0 saturated heterocycles. The Bertz CT molecular complexity index is 1130. The number of hydrogen-bond donors (Lipinski definition) is 1. The number of carbonyl (C=O) groups excluding carboxylic acids is 2. The molecule has 3 rings (SSSR count). The molecule has 37 heavy (non-hydrogen) atoms. The molecule has 0 aliphatic heterocycles. The molecular weight excluding hydrogens is 480 g/mol. The van der Waals surface area contributed by atoms with Gasteiger partial charge in [0.15, 0.2) is 0 Å². The summed E-state index contributed by atoms with van der Waals surface area (Å²) in [6.07, 6.45) is 1.61. The van der Waals surface area contributed by atoms with E-state index in [2.05, 4.69) is 36.5 Å². The predicted molar refractivity (Wildman–Crippen MR) is 152 cm³/mol. The zero-order valence-electron chi connectivity index (χ0n) is 22.3. The Morgan fingerprint density at radius 3 is 2.35 bits per heavy atom. The zero-order chi connectivity index (χ0) is 26.6. The number of nitrogens with one attached hydrogen (secondary N) is 1. The quantitative estimate of drug-likeness (QED) is 0.280. The number of aryl methyl sites for hydroxylation is 1. The average Bonchev–Trinajstić information content (AvgIpc) is 2.92. The van der Waals surface area contributed by atoms with Crippen LogP contribution in [0.4, 0.5) is 0 Å². The van der Waals surface area contributed by atoms with Gasteiger partial charge in [0.2, 0.25) is 11.8 Å². The zero-order valence-corrected chi connectivity index (χ0v) is 23.1. The van der Waals surface area contributed by atoms with Gasteiger partial charge in [-0.05, 0) is 55.7 Å². The van der Waals surface area contributed by atoms with Crippen LogP contribution in [0.1, 0.15) is 43.4 Å². The highest BCUT2D eigenvalue weighted by atomic mass is 32.2. The Morgan fingerprint density at radius 1 is 0.973 bits per heavy atom. The Kier molecular flexibility index (Phi) is 11.1. The van der Waals surface area contributed by atoms with Gasteiger partial charge in [-0.2, -0.15) is 0 Å². The van der Waals surface area contributed by atoms with Gasteiger partial charge in [0.25, 0.3) is 0 Å². The minimum atomic E-state index is -0.625.